The van der Waals surface area contributed by atoms with Crippen molar-refractivity contribution < 1.29 is 13.6 Å². The van der Waals surface area contributed by atoms with Gasteiger partial charge in [-0.25, -0.2) is 9.37 Å². The van der Waals surface area contributed by atoms with E-state index in [0.717, 1.165) is 24.9 Å². The third-order valence-corrected chi connectivity index (χ3v) is 5.79. The van der Waals surface area contributed by atoms with Gasteiger partial charge < -0.3 is 13.9 Å². The highest BCUT2D eigenvalue weighted by atomic mass is 19.1. The van der Waals surface area contributed by atoms with Crippen molar-refractivity contribution >= 4 is 5.91 Å². The van der Waals surface area contributed by atoms with Crippen molar-refractivity contribution in [1.82, 2.24) is 24.6 Å². The van der Waals surface area contributed by atoms with Crippen LogP contribution in [0.3, 0.4) is 0 Å². The molecule has 162 valence electrons. The van der Waals surface area contributed by atoms with E-state index in [9.17, 15) is 9.18 Å². The predicted octanol–water partition coefficient (Wildman–Crippen LogP) is 4.14. The van der Waals surface area contributed by atoms with E-state index in [2.05, 4.69) is 15.2 Å². The van der Waals surface area contributed by atoms with Gasteiger partial charge in [0.1, 0.15) is 5.82 Å². The Labute approximate surface area is 184 Å². The molecule has 5 rings (SSSR count). The molecule has 4 aromatic rings. The first kappa shape index (κ1) is 20.1. The minimum atomic E-state index is -0.307. The van der Waals surface area contributed by atoms with Gasteiger partial charge >= 0.3 is 0 Å². The maximum absolute atomic E-state index is 13.1. The van der Waals surface area contributed by atoms with E-state index in [1.54, 1.807) is 24.7 Å². The fraction of sp³-hybridized carbons (Fsp3) is 0.250. The number of rotatable bonds is 5. The van der Waals surface area contributed by atoms with Crippen LogP contribution in [0.15, 0.2) is 71.7 Å². The van der Waals surface area contributed by atoms with Gasteiger partial charge in [0.05, 0.1) is 6.33 Å². The molecule has 1 aliphatic rings. The molecule has 1 saturated heterocycles. The molecule has 2 aromatic carbocycles. The number of halogens is 1. The number of carbonyl (C=O) groups is 1. The number of piperidine rings is 1. The minimum absolute atomic E-state index is 0.0372. The predicted molar refractivity (Wildman–Crippen MR) is 115 cm³/mol. The molecule has 1 fully saturated rings. The molecule has 3 heterocycles. The van der Waals surface area contributed by atoms with Gasteiger partial charge in [-0.2, -0.15) is 0 Å². The Hall–Kier alpha value is -3.81. The molecule has 0 N–H and O–H groups in total. The number of aromatic nitrogens is 4. The summed E-state index contributed by atoms with van der Waals surface area (Å²) in [6.45, 7) is 1.99. The van der Waals surface area contributed by atoms with Gasteiger partial charge in [0.2, 0.25) is 11.8 Å². The normalized spacial score (nSPS) is 14.6. The van der Waals surface area contributed by atoms with Crippen molar-refractivity contribution in [3.8, 4) is 11.5 Å². The summed E-state index contributed by atoms with van der Waals surface area (Å²) in [6.07, 6.45) is 6.95. The minimum Gasteiger partial charge on any atom is -0.420 e. The third-order valence-electron chi connectivity index (χ3n) is 5.79. The molecule has 7 nitrogen and oxygen atoms in total. The third kappa shape index (κ3) is 4.30. The van der Waals surface area contributed by atoms with E-state index < -0.39 is 0 Å². The molecule has 0 unspecified atom stereocenters. The number of nitrogens with zero attached hydrogens (tertiary/aromatic N) is 5. The lowest BCUT2D eigenvalue weighted by atomic mass is 9.96. The van der Waals surface area contributed by atoms with Gasteiger partial charge in [0, 0.05) is 49.1 Å². The lowest BCUT2D eigenvalue weighted by molar-refractivity contribution is 0.0706. The quantitative estimate of drug-likeness (QED) is 0.475. The second kappa shape index (κ2) is 8.74. The summed E-state index contributed by atoms with van der Waals surface area (Å²) in [7, 11) is 0. The second-order valence-corrected chi connectivity index (χ2v) is 7.95. The lowest BCUT2D eigenvalue weighted by Crippen LogP contribution is -2.38. The topological polar surface area (TPSA) is 77.1 Å². The number of hydrogen-bond donors (Lipinski definition) is 0. The molecule has 2 aromatic heterocycles. The molecular formula is C24H22FN5O2. The number of likely N-dealkylation sites (tertiary alicyclic amines) is 1. The van der Waals surface area contributed by atoms with Crippen molar-refractivity contribution in [3.63, 3.8) is 0 Å². The summed E-state index contributed by atoms with van der Waals surface area (Å²) >= 11 is 0. The Kier molecular flexibility index (Phi) is 5.49. The van der Waals surface area contributed by atoms with Gasteiger partial charge in [-0.3, -0.25) is 4.79 Å². The summed E-state index contributed by atoms with van der Waals surface area (Å²) in [5.41, 5.74) is 2.50. The zero-order chi connectivity index (χ0) is 21.9. The van der Waals surface area contributed by atoms with Crippen LogP contribution in [0.2, 0.25) is 0 Å². The van der Waals surface area contributed by atoms with Gasteiger partial charge in [-0.1, -0.05) is 12.1 Å². The summed E-state index contributed by atoms with van der Waals surface area (Å²) in [4.78, 5) is 18.8. The van der Waals surface area contributed by atoms with Crippen LogP contribution in [-0.2, 0) is 6.54 Å². The van der Waals surface area contributed by atoms with E-state index in [-0.39, 0.29) is 17.6 Å². The zero-order valence-electron chi connectivity index (χ0n) is 17.4. The summed E-state index contributed by atoms with van der Waals surface area (Å²) < 4.78 is 20.9. The number of benzene rings is 2. The van der Waals surface area contributed by atoms with Gasteiger partial charge in [-0.05, 0) is 54.8 Å². The van der Waals surface area contributed by atoms with Crippen LogP contribution in [-0.4, -0.2) is 43.6 Å². The fourth-order valence-electron chi connectivity index (χ4n) is 3.96. The van der Waals surface area contributed by atoms with Crippen LogP contribution >= 0.6 is 0 Å². The number of imidazole rings is 1. The maximum atomic E-state index is 13.1. The number of hydrogen-bond acceptors (Lipinski definition) is 5. The van der Waals surface area contributed by atoms with E-state index in [0.29, 0.717) is 36.0 Å². The van der Waals surface area contributed by atoms with Crippen LogP contribution in [0.5, 0.6) is 0 Å². The van der Waals surface area contributed by atoms with Crippen LogP contribution in [0, 0.1) is 5.82 Å². The molecule has 0 spiro atoms. The summed E-state index contributed by atoms with van der Waals surface area (Å²) in [5.74, 6) is 0.793. The average Bonchev–Trinajstić information content (AvgIpc) is 3.52. The van der Waals surface area contributed by atoms with E-state index in [4.69, 9.17) is 4.42 Å². The van der Waals surface area contributed by atoms with Crippen LogP contribution in [0.25, 0.3) is 11.5 Å². The summed E-state index contributed by atoms with van der Waals surface area (Å²) in [6, 6.07) is 13.7. The van der Waals surface area contributed by atoms with Crippen molar-refractivity contribution in [2.45, 2.75) is 25.3 Å². The monoisotopic (exact) mass is 431 g/mol. The van der Waals surface area contributed by atoms with Crippen molar-refractivity contribution in [1.29, 1.82) is 0 Å². The highest BCUT2D eigenvalue weighted by Gasteiger charge is 2.28. The molecule has 0 atom stereocenters. The molecule has 8 heteroatoms. The van der Waals surface area contributed by atoms with Crippen molar-refractivity contribution in [2.24, 2.45) is 0 Å². The lowest BCUT2D eigenvalue weighted by Gasteiger charge is -2.30. The Bertz CT molecular complexity index is 1180. The smallest absolute Gasteiger partial charge is 0.253 e. The van der Waals surface area contributed by atoms with Crippen LogP contribution in [0.4, 0.5) is 4.39 Å². The average molecular weight is 431 g/mol. The Morgan fingerprint density at radius 1 is 1.03 bits per heavy atom. The van der Waals surface area contributed by atoms with Crippen LogP contribution < -0.4 is 0 Å². The number of carbonyl (C=O) groups excluding carboxylic acids is 1. The summed E-state index contributed by atoms with van der Waals surface area (Å²) in [5, 5.41) is 8.29. The highest BCUT2D eigenvalue weighted by molar-refractivity contribution is 5.94. The first-order valence-corrected chi connectivity index (χ1v) is 10.6. The molecule has 0 bridgehead atoms. The standard InChI is InChI=1S/C24H22FN5O2/c25-21-7-5-18(6-8-21)22-27-28-23(32-22)19-9-12-30(13-10-19)24(31)20-3-1-17(2-4-20)15-29-14-11-26-16-29/h1-8,11,14,16,19H,9-10,12-13,15H2. The van der Waals surface area contributed by atoms with E-state index in [1.165, 1.54) is 12.1 Å². The molecule has 32 heavy (non-hydrogen) atoms. The first-order valence-electron chi connectivity index (χ1n) is 10.6. The first-order chi connectivity index (χ1) is 15.7. The molecule has 0 aliphatic carbocycles. The Morgan fingerprint density at radius 3 is 2.47 bits per heavy atom. The van der Waals surface area contributed by atoms with Gasteiger partial charge in [-0.15, -0.1) is 10.2 Å². The van der Waals surface area contributed by atoms with E-state index in [1.807, 2.05) is 39.9 Å². The highest BCUT2D eigenvalue weighted by Crippen LogP contribution is 2.30. The largest absolute Gasteiger partial charge is 0.420 e. The number of amides is 1. The van der Waals surface area contributed by atoms with Gasteiger partial charge in [0.25, 0.3) is 5.91 Å². The van der Waals surface area contributed by atoms with Crippen molar-refractivity contribution in [2.75, 3.05) is 13.1 Å². The van der Waals surface area contributed by atoms with Gasteiger partial charge in [0.15, 0.2) is 0 Å². The zero-order valence-corrected chi connectivity index (χ0v) is 17.4. The second-order valence-electron chi connectivity index (χ2n) is 7.95. The molecule has 1 amide bonds. The van der Waals surface area contributed by atoms with Crippen LogP contribution in [0.1, 0.15) is 40.6 Å². The maximum Gasteiger partial charge on any atom is 0.253 e. The SMILES string of the molecule is O=C(c1ccc(Cn2ccnc2)cc1)N1CCC(c2nnc(-c3ccc(F)cc3)o2)CC1. The van der Waals surface area contributed by atoms with E-state index >= 15 is 0 Å². The fourth-order valence-corrected chi connectivity index (χ4v) is 3.96. The molecule has 0 saturated carbocycles. The Balaban J connectivity index is 1.18. The Morgan fingerprint density at radius 2 is 1.78 bits per heavy atom. The molecular weight excluding hydrogens is 409 g/mol. The molecule has 0 radical (unpaired) electrons. The van der Waals surface area contributed by atoms with Crippen molar-refractivity contribution in [3.05, 3.63) is 90.1 Å². The molecule has 1 aliphatic heterocycles.